The van der Waals surface area contributed by atoms with Crippen LogP contribution in [-0.4, -0.2) is 48.4 Å². The van der Waals surface area contributed by atoms with Gasteiger partial charge in [0.15, 0.2) is 0 Å². The molecule has 0 bridgehead atoms. The lowest BCUT2D eigenvalue weighted by atomic mass is 10.1. The molecular formula is C14H22N2O4S. The lowest BCUT2D eigenvalue weighted by Gasteiger charge is -2.18. The van der Waals surface area contributed by atoms with E-state index in [1.807, 2.05) is 0 Å². The molecule has 1 aromatic carbocycles. The number of hydrogen-bond donors (Lipinski definition) is 2. The predicted molar refractivity (Wildman–Crippen MR) is 80.2 cm³/mol. The molecule has 1 aliphatic heterocycles. The fourth-order valence-electron chi connectivity index (χ4n) is 2.16. The summed E-state index contributed by atoms with van der Waals surface area (Å²) >= 11 is 0. The summed E-state index contributed by atoms with van der Waals surface area (Å²) in [6.07, 6.45) is 1.78. The molecule has 0 spiro atoms. The van der Waals surface area contributed by atoms with Crippen LogP contribution in [0.1, 0.15) is 12.0 Å². The number of rotatable bonds is 8. The molecule has 0 unspecified atom stereocenters. The van der Waals surface area contributed by atoms with E-state index < -0.39 is 10.0 Å². The number of aryl methyl sites for hydroxylation is 1. The third kappa shape index (κ3) is 4.67. The molecule has 0 aromatic heterocycles. The van der Waals surface area contributed by atoms with Crippen molar-refractivity contribution in [1.29, 1.82) is 0 Å². The van der Waals surface area contributed by atoms with Crippen molar-refractivity contribution in [3.8, 4) is 5.75 Å². The van der Waals surface area contributed by atoms with Gasteiger partial charge in [-0.3, -0.25) is 0 Å². The van der Waals surface area contributed by atoms with Crippen LogP contribution in [0.2, 0.25) is 0 Å². The van der Waals surface area contributed by atoms with Gasteiger partial charge in [0.1, 0.15) is 5.75 Å². The fourth-order valence-corrected chi connectivity index (χ4v) is 3.24. The Balaban J connectivity index is 1.90. The van der Waals surface area contributed by atoms with Gasteiger partial charge < -0.3 is 14.8 Å². The molecule has 0 amide bonds. The van der Waals surface area contributed by atoms with Crippen LogP contribution >= 0.6 is 0 Å². The summed E-state index contributed by atoms with van der Waals surface area (Å²) in [7, 11) is -1.83. The molecule has 0 radical (unpaired) electrons. The van der Waals surface area contributed by atoms with Crippen molar-refractivity contribution in [2.75, 3.05) is 40.0 Å². The van der Waals surface area contributed by atoms with Gasteiger partial charge in [-0.1, -0.05) is 0 Å². The van der Waals surface area contributed by atoms with Crippen molar-refractivity contribution in [1.82, 2.24) is 10.0 Å². The van der Waals surface area contributed by atoms with E-state index in [2.05, 4.69) is 10.0 Å². The molecule has 6 nitrogen and oxygen atoms in total. The minimum atomic E-state index is -3.46. The number of ether oxygens (including phenoxy) is 2. The van der Waals surface area contributed by atoms with Gasteiger partial charge in [-0.05, 0) is 36.6 Å². The van der Waals surface area contributed by atoms with E-state index in [1.54, 1.807) is 25.3 Å². The molecule has 1 aliphatic rings. The SMILES string of the molecule is COCCNCCNS(=O)(=O)c1ccc2c(c1)CCCO2. The van der Waals surface area contributed by atoms with Gasteiger partial charge in [-0.2, -0.15) is 0 Å². The van der Waals surface area contributed by atoms with Crippen molar-refractivity contribution in [3.05, 3.63) is 23.8 Å². The minimum absolute atomic E-state index is 0.295. The van der Waals surface area contributed by atoms with E-state index in [9.17, 15) is 8.42 Å². The third-order valence-corrected chi connectivity index (χ3v) is 4.73. The Hall–Kier alpha value is -1.15. The number of methoxy groups -OCH3 is 1. The maximum Gasteiger partial charge on any atom is 0.240 e. The molecule has 21 heavy (non-hydrogen) atoms. The van der Waals surface area contributed by atoms with E-state index in [-0.39, 0.29) is 0 Å². The second-order valence-corrected chi connectivity index (χ2v) is 6.63. The highest BCUT2D eigenvalue weighted by Crippen LogP contribution is 2.27. The molecule has 7 heteroatoms. The van der Waals surface area contributed by atoms with Crippen LogP contribution in [0.4, 0.5) is 0 Å². The molecule has 0 saturated carbocycles. The first-order valence-corrected chi connectivity index (χ1v) is 8.57. The first kappa shape index (κ1) is 16.2. The van der Waals surface area contributed by atoms with Gasteiger partial charge in [-0.15, -0.1) is 0 Å². The minimum Gasteiger partial charge on any atom is -0.493 e. The zero-order valence-electron chi connectivity index (χ0n) is 12.2. The Bertz CT molecular complexity index is 560. The van der Waals surface area contributed by atoms with E-state index in [4.69, 9.17) is 9.47 Å². The number of nitrogens with one attached hydrogen (secondary N) is 2. The second-order valence-electron chi connectivity index (χ2n) is 4.86. The Kier molecular flexibility index (Phi) is 5.98. The standard InChI is InChI=1S/C14H22N2O4S/c1-19-10-8-15-6-7-16-21(17,18)13-4-5-14-12(11-13)3-2-9-20-14/h4-5,11,15-16H,2-3,6-10H2,1H3. The fraction of sp³-hybridized carbons (Fsp3) is 0.571. The lowest BCUT2D eigenvalue weighted by molar-refractivity contribution is 0.199. The van der Waals surface area contributed by atoms with Crippen LogP contribution < -0.4 is 14.8 Å². The first-order chi connectivity index (χ1) is 10.1. The normalized spacial score (nSPS) is 14.5. The zero-order valence-corrected chi connectivity index (χ0v) is 13.0. The summed E-state index contributed by atoms with van der Waals surface area (Å²) in [6.45, 7) is 2.92. The summed E-state index contributed by atoms with van der Waals surface area (Å²) in [5, 5.41) is 3.09. The van der Waals surface area contributed by atoms with Gasteiger partial charge in [0.05, 0.1) is 18.1 Å². The largest absolute Gasteiger partial charge is 0.493 e. The summed E-state index contributed by atoms with van der Waals surface area (Å²) < 4.78 is 37.4. The lowest BCUT2D eigenvalue weighted by Crippen LogP contribution is -2.33. The third-order valence-electron chi connectivity index (χ3n) is 3.27. The number of benzene rings is 1. The van der Waals surface area contributed by atoms with E-state index in [0.717, 1.165) is 24.2 Å². The summed E-state index contributed by atoms with van der Waals surface area (Å²) in [6, 6.07) is 5.03. The summed E-state index contributed by atoms with van der Waals surface area (Å²) in [5.41, 5.74) is 0.961. The Labute approximate surface area is 125 Å². The number of fused-ring (bicyclic) bond motifs is 1. The van der Waals surface area contributed by atoms with Gasteiger partial charge in [0.25, 0.3) is 0 Å². The monoisotopic (exact) mass is 314 g/mol. The molecular weight excluding hydrogens is 292 g/mol. The Morgan fingerprint density at radius 3 is 2.95 bits per heavy atom. The van der Waals surface area contributed by atoms with Crippen LogP contribution in [0, 0.1) is 0 Å². The molecule has 1 aromatic rings. The van der Waals surface area contributed by atoms with E-state index in [1.165, 1.54) is 0 Å². The maximum atomic E-state index is 12.2. The van der Waals surface area contributed by atoms with Crippen molar-refractivity contribution in [2.24, 2.45) is 0 Å². The highest BCUT2D eigenvalue weighted by atomic mass is 32.2. The summed E-state index contributed by atoms with van der Waals surface area (Å²) in [4.78, 5) is 0.295. The second kappa shape index (κ2) is 7.74. The highest BCUT2D eigenvalue weighted by molar-refractivity contribution is 7.89. The maximum absolute atomic E-state index is 12.2. The molecule has 2 rings (SSSR count). The quantitative estimate of drug-likeness (QED) is 0.684. The molecule has 0 fully saturated rings. The van der Waals surface area contributed by atoms with Crippen molar-refractivity contribution in [3.63, 3.8) is 0 Å². The smallest absolute Gasteiger partial charge is 0.240 e. The Morgan fingerprint density at radius 1 is 1.29 bits per heavy atom. The van der Waals surface area contributed by atoms with E-state index in [0.29, 0.717) is 37.7 Å². The Morgan fingerprint density at radius 2 is 2.14 bits per heavy atom. The van der Waals surface area contributed by atoms with Crippen LogP contribution in [0.3, 0.4) is 0 Å². The van der Waals surface area contributed by atoms with Crippen molar-refractivity contribution in [2.45, 2.75) is 17.7 Å². The zero-order chi connectivity index (χ0) is 15.1. The highest BCUT2D eigenvalue weighted by Gasteiger charge is 2.17. The average Bonchev–Trinajstić information content (AvgIpc) is 2.50. The van der Waals surface area contributed by atoms with Crippen LogP contribution in [0.15, 0.2) is 23.1 Å². The van der Waals surface area contributed by atoms with Gasteiger partial charge in [-0.25, -0.2) is 13.1 Å². The first-order valence-electron chi connectivity index (χ1n) is 7.08. The number of hydrogen-bond acceptors (Lipinski definition) is 5. The molecule has 118 valence electrons. The topological polar surface area (TPSA) is 76.7 Å². The molecule has 2 N–H and O–H groups in total. The summed E-state index contributed by atoms with van der Waals surface area (Å²) in [5.74, 6) is 0.793. The molecule has 0 atom stereocenters. The number of sulfonamides is 1. The van der Waals surface area contributed by atoms with Crippen LogP contribution in [0.5, 0.6) is 5.75 Å². The van der Waals surface area contributed by atoms with Crippen LogP contribution in [0.25, 0.3) is 0 Å². The average molecular weight is 314 g/mol. The van der Waals surface area contributed by atoms with Gasteiger partial charge >= 0.3 is 0 Å². The molecule has 0 saturated heterocycles. The van der Waals surface area contributed by atoms with Gasteiger partial charge in [0.2, 0.25) is 10.0 Å². The van der Waals surface area contributed by atoms with Gasteiger partial charge in [0, 0.05) is 26.7 Å². The predicted octanol–water partition coefficient (Wildman–Crippen LogP) is 0.526. The van der Waals surface area contributed by atoms with Crippen LogP contribution in [-0.2, 0) is 21.2 Å². The van der Waals surface area contributed by atoms with E-state index >= 15 is 0 Å². The molecule has 0 aliphatic carbocycles. The van der Waals surface area contributed by atoms with Crippen molar-refractivity contribution >= 4 is 10.0 Å². The molecule has 1 heterocycles. The van der Waals surface area contributed by atoms with Crippen molar-refractivity contribution < 1.29 is 17.9 Å².